The van der Waals surface area contributed by atoms with Gasteiger partial charge < -0.3 is 9.88 Å². The highest BCUT2D eigenvalue weighted by atomic mass is 15.1. The Balaban J connectivity index is 2.32. The second-order valence-electron chi connectivity index (χ2n) is 3.79. The van der Waals surface area contributed by atoms with Crippen LogP contribution in [0.25, 0.3) is 17.0 Å². The van der Waals surface area contributed by atoms with Crippen molar-refractivity contribution >= 4 is 17.0 Å². The molecule has 0 saturated carbocycles. The first-order valence-corrected chi connectivity index (χ1v) is 4.82. The van der Waals surface area contributed by atoms with Gasteiger partial charge in [0.05, 0.1) is 6.54 Å². The Kier molecular flexibility index (Phi) is 1.45. The van der Waals surface area contributed by atoms with E-state index in [0.29, 0.717) is 0 Å². The van der Waals surface area contributed by atoms with E-state index in [0.717, 1.165) is 6.54 Å². The van der Waals surface area contributed by atoms with E-state index in [1.54, 1.807) is 0 Å². The van der Waals surface area contributed by atoms with Crippen LogP contribution in [-0.4, -0.2) is 16.9 Å². The SMILES string of the molecule is CN1C=Cc2c([nH]c3ccccc23)C1. The van der Waals surface area contributed by atoms with Gasteiger partial charge in [0, 0.05) is 29.2 Å². The highest BCUT2D eigenvalue weighted by molar-refractivity contribution is 5.90. The highest BCUT2D eigenvalue weighted by Crippen LogP contribution is 2.27. The molecule has 1 aromatic heterocycles. The fraction of sp³-hybridized carbons (Fsp3) is 0.167. The molecule has 1 N–H and O–H groups in total. The smallest absolute Gasteiger partial charge is 0.0577 e. The minimum Gasteiger partial charge on any atom is -0.375 e. The number of benzene rings is 1. The van der Waals surface area contributed by atoms with Crippen molar-refractivity contribution in [3.05, 3.63) is 41.7 Å². The lowest BCUT2D eigenvalue weighted by atomic mass is 10.1. The summed E-state index contributed by atoms with van der Waals surface area (Å²) in [7, 11) is 2.09. The molecule has 0 saturated heterocycles. The van der Waals surface area contributed by atoms with Gasteiger partial charge in [-0.05, 0) is 18.3 Å². The fourth-order valence-corrected chi connectivity index (χ4v) is 2.04. The average molecular weight is 184 g/mol. The number of rotatable bonds is 0. The average Bonchev–Trinajstić information content (AvgIpc) is 2.54. The zero-order valence-electron chi connectivity index (χ0n) is 8.12. The first kappa shape index (κ1) is 7.68. The van der Waals surface area contributed by atoms with E-state index in [4.69, 9.17) is 0 Å². The van der Waals surface area contributed by atoms with Gasteiger partial charge in [0.2, 0.25) is 0 Å². The summed E-state index contributed by atoms with van der Waals surface area (Å²) in [5.41, 5.74) is 3.90. The Labute approximate surface area is 82.8 Å². The summed E-state index contributed by atoms with van der Waals surface area (Å²) in [5.74, 6) is 0. The van der Waals surface area contributed by atoms with Crippen LogP contribution in [0.3, 0.4) is 0 Å². The number of aromatic nitrogens is 1. The Bertz CT molecular complexity index is 508. The Morgan fingerprint density at radius 3 is 3.07 bits per heavy atom. The van der Waals surface area contributed by atoms with Crippen LogP contribution in [0.2, 0.25) is 0 Å². The molecule has 2 heteroatoms. The maximum atomic E-state index is 3.45. The molecule has 3 rings (SSSR count). The molecule has 0 amide bonds. The maximum Gasteiger partial charge on any atom is 0.0577 e. The molecule has 0 atom stereocenters. The van der Waals surface area contributed by atoms with Crippen molar-refractivity contribution in [2.75, 3.05) is 7.05 Å². The summed E-state index contributed by atoms with van der Waals surface area (Å²) in [5, 5.41) is 1.33. The number of fused-ring (bicyclic) bond motifs is 3. The van der Waals surface area contributed by atoms with Crippen LogP contribution in [0, 0.1) is 0 Å². The van der Waals surface area contributed by atoms with Crippen LogP contribution in [0.1, 0.15) is 11.3 Å². The second-order valence-corrected chi connectivity index (χ2v) is 3.79. The summed E-state index contributed by atoms with van der Waals surface area (Å²) in [6.45, 7) is 0.973. The third-order valence-electron chi connectivity index (χ3n) is 2.73. The van der Waals surface area contributed by atoms with Crippen LogP contribution in [0.4, 0.5) is 0 Å². The van der Waals surface area contributed by atoms with Gasteiger partial charge in [-0.15, -0.1) is 0 Å². The standard InChI is InChI=1S/C12H12N2/c1-14-7-6-10-9-4-2-3-5-11(9)13-12(10)8-14/h2-7,13H,8H2,1H3. The van der Waals surface area contributed by atoms with Crippen LogP contribution in [0.5, 0.6) is 0 Å². The molecule has 0 unspecified atom stereocenters. The molecule has 2 aromatic rings. The van der Waals surface area contributed by atoms with Crippen molar-refractivity contribution in [3.8, 4) is 0 Å². The number of aromatic amines is 1. The first-order valence-electron chi connectivity index (χ1n) is 4.82. The predicted molar refractivity (Wildman–Crippen MR) is 58.8 cm³/mol. The van der Waals surface area contributed by atoms with Crippen molar-refractivity contribution in [2.24, 2.45) is 0 Å². The summed E-state index contributed by atoms with van der Waals surface area (Å²) in [6.07, 6.45) is 4.31. The largest absolute Gasteiger partial charge is 0.375 e. The molecule has 0 aliphatic carbocycles. The van der Waals surface area contributed by atoms with Gasteiger partial charge >= 0.3 is 0 Å². The molecule has 14 heavy (non-hydrogen) atoms. The Morgan fingerprint density at radius 1 is 1.29 bits per heavy atom. The number of hydrogen-bond donors (Lipinski definition) is 1. The molecule has 1 aromatic carbocycles. The van der Waals surface area contributed by atoms with E-state index in [1.165, 1.54) is 22.2 Å². The van der Waals surface area contributed by atoms with Crippen LogP contribution in [-0.2, 0) is 6.54 Å². The number of nitrogens with one attached hydrogen (secondary N) is 1. The number of H-pyrrole nitrogens is 1. The molecule has 70 valence electrons. The fourth-order valence-electron chi connectivity index (χ4n) is 2.04. The normalized spacial score (nSPS) is 14.8. The predicted octanol–water partition coefficient (Wildman–Crippen LogP) is 2.58. The molecule has 0 bridgehead atoms. The summed E-state index contributed by atoms with van der Waals surface area (Å²) in [6, 6.07) is 8.45. The van der Waals surface area contributed by atoms with Crippen LogP contribution < -0.4 is 0 Å². The summed E-state index contributed by atoms with van der Waals surface area (Å²) in [4.78, 5) is 5.63. The third kappa shape index (κ3) is 0.970. The van der Waals surface area contributed by atoms with E-state index in [1.807, 2.05) is 0 Å². The molecule has 0 fully saturated rings. The summed E-state index contributed by atoms with van der Waals surface area (Å²) < 4.78 is 0. The highest BCUT2D eigenvalue weighted by Gasteiger charge is 2.12. The number of hydrogen-bond acceptors (Lipinski definition) is 1. The molecule has 2 heterocycles. The van der Waals surface area contributed by atoms with Crippen molar-refractivity contribution in [1.82, 2.24) is 9.88 Å². The lowest BCUT2D eigenvalue weighted by molar-refractivity contribution is 0.442. The van der Waals surface area contributed by atoms with E-state index in [2.05, 4.69) is 53.5 Å². The zero-order chi connectivity index (χ0) is 9.54. The quantitative estimate of drug-likeness (QED) is 0.666. The Hall–Kier alpha value is -1.70. The maximum absolute atomic E-state index is 3.45. The van der Waals surface area contributed by atoms with Crippen LogP contribution in [0.15, 0.2) is 30.5 Å². The van der Waals surface area contributed by atoms with Gasteiger partial charge in [0.1, 0.15) is 0 Å². The molecule has 0 spiro atoms. The van der Waals surface area contributed by atoms with E-state index < -0.39 is 0 Å². The molecule has 1 aliphatic rings. The van der Waals surface area contributed by atoms with Gasteiger partial charge in [-0.25, -0.2) is 0 Å². The Morgan fingerprint density at radius 2 is 2.14 bits per heavy atom. The second kappa shape index (κ2) is 2.64. The summed E-state index contributed by atoms with van der Waals surface area (Å²) >= 11 is 0. The topological polar surface area (TPSA) is 19.0 Å². The van der Waals surface area contributed by atoms with E-state index in [-0.39, 0.29) is 0 Å². The van der Waals surface area contributed by atoms with Crippen molar-refractivity contribution < 1.29 is 0 Å². The van der Waals surface area contributed by atoms with E-state index >= 15 is 0 Å². The van der Waals surface area contributed by atoms with Crippen LogP contribution >= 0.6 is 0 Å². The third-order valence-corrected chi connectivity index (χ3v) is 2.73. The number of para-hydroxylation sites is 1. The lowest BCUT2D eigenvalue weighted by Gasteiger charge is -2.17. The van der Waals surface area contributed by atoms with Crippen molar-refractivity contribution in [3.63, 3.8) is 0 Å². The van der Waals surface area contributed by atoms with Gasteiger partial charge in [-0.1, -0.05) is 18.2 Å². The monoisotopic (exact) mass is 184 g/mol. The van der Waals surface area contributed by atoms with E-state index in [9.17, 15) is 0 Å². The molecular formula is C12H12N2. The van der Waals surface area contributed by atoms with Gasteiger partial charge in [-0.3, -0.25) is 0 Å². The van der Waals surface area contributed by atoms with Gasteiger partial charge in [0.25, 0.3) is 0 Å². The number of nitrogens with zero attached hydrogens (tertiary/aromatic N) is 1. The van der Waals surface area contributed by atoms with Crippen molar-refractivity contribution in [2.45, 2.75) is 6.54 Å². The molecule has 1 aliphatic heterocycles. The van der Waals surface area contributed by atoms with Crippen molar-refractivity contribution in [1.29, 1.82) is 0 Å². The van der Waals surface area contributed by atoms with Gasteiger partial charge in [0.15, 0.2) is 0 Å². The molecule has 0 radical (unpaired) electrons. The molecular weight excluding hydrogens is 172 g/mol. The minimum absolute atomic E-state index is 0.973. The first-order chi connectivity index (χ1) is 6.84. The minimum atomic E-state index is 0.973. The van der Waals surface area contributed by atoms with Gasteiger partial charge in [-0.2, -0.15) is 0 Å². The zero-order valence-corrected chi connectivity index (χ0v) is 8.12. The lowest BCUT2D eigenvalue weighted by Crippen LogP contribution is -2.13. The molecule has 2 nitrogen and oxygen atoms in total.